The predicted molar refractivity (Wildman–Crippen MR) is 99.8 cm³/mol. The molecule has 3 aliphatic heterocycles. The number of fused-ring (bicyclic) bond motifs is 3. The minimum atomic E-state index is -3.20. The van der Waals surface area contributed by atoms with Crippen molar-refractivity contribution in [3.05, 3.63) is 27.4 Å². The van der Waals surface area contributed by atoms with Gasteiger partial charge < -0.3 is 9.88 Å². The summed E-state index contributed by atoms with van der Waals surface area (Å²) < 4.78 is 24.9. The molecule has 0 spiro atoms. The summed E-state index contributed by atoms with van der Waals surface area (Å²) in [7, 11) is -3.20. The summed E-state index contributed by atoms with van der Waals surface area (Å²) in [5.74, 6) is 0.597. The summed E-state index contributed by atoms with van der Waals surface area (Å²) in [6.45, 7) is 2.58. The van der Waals surface area contributed by atoms with Gasteiger partial charge in [-0.1, -0.05) is 0 Å². The zero-order valence-corrected chi connectivity index (χ0v) is 16.6. The highest BCUT2D eigenvalue weighted by molar-refractivity contribution is 7.88. The summed E-state index contributed by atoms with van der Waals surface area (Å²) in [4.78, 5) is 34.9. The number of H-pyrrole nitrogens is 1. The second-order valence-electron chi connectivity index (χ2n) is 8.05. The van der Waals surface area contributed by atoms with E-state index in [1.54, 1.807) is 6.92 Å². The van der Waals surface area contributed by atoms with Crippen molar-refractivity contribution in [2.45, 2.75) is 57.5 Å². The van der Waals surface area contributed by atoms with E-state index in [0.29, 0.717) is 44.6 Å². The van der Waals surface area contributed by atoms with Crippen molar-refractivity contribution in [2.24, 2.45) is 5.92 Å². The lowest BCUT2D eigenvalue weighted by molar-refractivity contribution is -0.139. The quantitative estimate of drug-likeness (QED) is 0.772. The number of piperidine rings is 1. The molecule has 1 amide bonds. The topological polar surface area (TPSA) is 103 Å². The average molecular weight is 394 g/mol. The fourth-order valence-electron chi connectivity index (χ4n) is 4.87. The van der Waals surface area contributed by atoms with Crippen LogP contribution in [0, 0.1) is 12.8 Å². The molecule has 0 radical (unpaired) electrons. The van der Waals surface area contributed by atoms with Crippen LogP contribution < -0.4 is 5.56 Å². The van der Waals surface area contributed by atoms with Gasteiger partial charge in [0, 0.05) is 49.5 Å². The predicted octanol–water partition coefficient (Wildman–Crippen LogP) is 0.208. The Bertz CT molecular complexity index is 918. The Hall–Kier alpha value is -1.74. The number of carbonyl (C=O) groups is 1. The standard InChI is InChI=1S/C18H26N4O4S/c1-11-19-16-10-14-4-3-13(9-15(16)17(23)20-11)22(14)18(24)12-5-7-21(8-6-12)27(2,25)26/h12-14H,3-10H2,1-2H3,(H,19,20,23)/t13-,14+/m1/s1. The largest absolute Gasteiger partial charge is 0.336 e. The summed E-state index contributed by atoms with van der Waals surface area (Å²) >= 11 is 0. The van der Waals surface area contributed by atoms with E-state index >= 15 is 0 Å². The number of aryl methyl sites for hydroxylation is 1. The molecule has 2 bridgehead atoms. The number of carbonyl (C=O) groups excluding carboxylic acids is 1. The Labute approximate surface area is 159 Å². The molecule has 1 N–H and O–H groups in total. The maximum atomic E-state index is 13.3. The molecule has 27 heavy (non-hydrogen) atoms. The fourth-order valence-corrected chi connectivity index (χ4v) is 5.75. The molecular formula is C18H26N4O4S. The van der Waals surface area contributed by atoms with Crippen LogP contribution in [0.1, 0.15) is 42.8 Å². The van der Waals surface area contributed by atoms with Crippen LogP contribution in [0.5, 0.6) is 0 Å². The van der Waals surface area contributed by atoms with Gasteiger partial charge in [-0.25, -0.2) is 17.7 Å². The molecule has 8 nitrogen and oxygen atoms in total. The maximum absolute atomic E-state index is 13.3. The van der Waals surface area contributed by atoms with Gasteiger partial charge in [-0.05, 0) is 32.6 Å². The Balaban J connectivity index is 1.53. The zero-order valence-electron chi connectivity index (χ0n) is 15.8. The van der Waals surface area contributed by atoms with E-state index in [9.17, 15) is 18.0 Å². The van der Waals surface area contributed by atoms with E-state index in [0.717, 1.165) is 24.1 Å². The number of rotatable bonds is 2. The van der Waals surface area contributed by atoms with E-state index in [-0.39, 0.29) is 29.5 Å². The molecule has 148 valence electrons. The lowest BCUT2D eigenvalue weighted by atomic mass is 9.95. The minimum Gasteiger partial charge on any atom is -0.336 e. The van der Waals surface area contributed by atoms with E-state index < -0.39 is 10.0 Å². The van der Waals surface area contributed by atoms with Gasteiger partial charge in [0.15, 0.2) is 0 Å². The molecule has 1 aromatic rings. The molecule has 4 rings (SSSR count). The van der Waals surface area contributed by atoms with Crippen LogP contribution in [0.3, 0.4) is 0 Å². The molecule has 3 aliphatic rings. The Morgan fingerprint density at radius 3 is 2.37 bits per heavy atom. The highest BCUT2D eigenvalue weighted by Gasteiger charge is 2.43. The van der Waals surface area contributed by atoms with Crippen LogP contribution >= 0.6 is 0 Å². The molecule has 0 aliphatic carbocycles. The van der Waals surface area contributed by atoms with Gasteiger partial charge in [0.2, 0.25) is 15.9 Å². The van der Waals surface area contributed by atoms with Crippen LogP contribution in [-0.4, -0.2) is 64.9 Å². The van der Waals surface area contributed by atoms with Crippen LogP contribution in [0.2, 0.25) is 0 Å². The van der Waals surface area contributed by atoms with Gasteiger partial charge >= 0.3 is 0 Å². The Morgan fingerprint density at radius 2 is 1.74 bits per heavy atom. The van der Waals surface area contributed by atoms with E-state index in [2.05, 4.69) is 9.97 Å². The number of nitrogens with zero attached hydrogens (tertiary/aromatic N) is 3. The monoisotopic (exact) mass is 394 g/mol. The third-order valence-electron chi connectivity index (χ3n) is 6.23. The molecule has 0 unspecified atom stereocenters. The first-order valence-corrected chi connectivity index (χ1v) is 11.4. The zero-order chi connectivity index (χ0) is 19.3. The molecule has 4 heterocycles. The Kier molecular flexibility index (Phi) is 4.62. The highest BCUT2D eigenvalue weighted by atomic mass is 32.2. The second kappa shape index (κ2) is 6.70. The summed E-state index contributed by atoms with van der Waals surface area (Å²) in [5, 5.41) is 0. The molecule has 2 saturated heterocycles. The van der Waals surface area contributed by atoms with Gasteiger partial charge in [-0.3, -0.25) is 9.59 Å². The molecule has 0 saturated carbocycles. The van der Waals surface area contributed by atoms with Crippen LogP contribution in [-0.2, 0) is 27.7 Å². The van der Waals surface area contributed by atoms with Gasteiger partial charge in [-0.15, -0.1) is 0 Å². The number of hydrogen-bond acceptors (Lipinski definition) is 5. The molecule has 1 aromatic heterocycles. The number of amides is 1. The lowest BCUT2D eigenvalue weighted by Crippen LogP contribution is -2.48. The smallest absolute Gasteiger partial charge is 0.254 e. The molecule has 2 fully saturated rings. The first-order chi connectivity index (χ1) is 12.7. The maximum Gasteiger partial charge on any atom is 0.254 e. The van der Waals surface area contributed by atoms with Crippen molar-refractivity contribution in [2.75, 3.05) is 19.3 Å². The van der Waals surface area contributed by atoms with E-state index in [1.165, 1.54) is 10.6 Å². The van der Waals surface area contributed by atoms with Gasteiger partial charge in [0.25, 0.3) is 5.56 Å². The number of aromatic nitrogens is 2. The normalized spacial score (nSPS) is 26.7. The number of hydrogen-bond donors (Lipinski definition) is 1. The molecular weight excluding hydrogens is 368 g/mol. The third kappa shape index (κ3) is 3.42. The van der Waals surface area contributed by atoms with Crippen molar-refractivity contribution >= 4 is 15.9 Å². The van der Waals surface area contributed by atoms with Crippen molar-refractivity contribution in [1.29, 1.82) is 0 Å². The van der Waals surface area contributed by atoms with E-state index in [4.69, 9.17) is 0 Å². The van der Waals surface area contributed by atoms with Crippen LogP contribution in [0.25, 0.3) is 0 Å². The van der Waals surface area contributed by atoms with Crippen LogP contribution in [0.15, 0.2) is 4.79 Å². The fraction of sp³-hybridized carbons (Fsp3) is 0.722. The summed E-state index contributed by atoms with van der Waals surface area (Å²) in [6.07, 6.45) is 5.37. The number of sulfonamides is 1. The second-order valence-corrected chi connectivity index (χ2v) is 10.0. The average Bonchev–Trinajstić information content (AvgIpc) is 2.89. The molecule has 2 atom stereocenters. The molecule has 0 aromatic carbocycles. The van der Waals surface area contributed by atoms with Crippen molar-refractivity contribution < 1.29 is 13.2 Å². The van der Waals surface area contributed by atoms with Crippen molar-refractivity contribution in [1.82, 2.24) is 19.2 Å². The van der Waals surface area contributed by atoms with E-state index in [1.807, 2.05) is 4.90 Å². The van der Waals surface area contributed by atoms with Gasteiger partial charge in [0.05, 0.1) is 11.9 Å². The van der Waals surface area contributed by atoms with Gasteiger partial charge in [-0.2, -0.15) is 0 Å². The number of nitrogens with one attached hydrogen (secondary N) is 1. The lowest BCUT2D eigenvalue weighted by Gasteiger charge is -2.35. The SMILES string of the molecule is Cc1nc2c(c(=O)[nH]1)C[C@H]1CC[C@@H](C2)N1C(=O)C1CCN(S(C)(=O)=O)CC1. The van der Waals surface area contributed by atoms with Crippen molar-refractivity contribution in [3.63, 3.8) is 0 Å². The molecule has 9 heteroatoms. The Morgan fingerprint density at radius 1 is 1.11 bits per heavy atom. The first kappa shape index (κ1) is 18.6. The third-order valence-corrected chi connectivity index (χ3v) is 7.54. The first-order valence-electron chi connectivity index (χ1n) is 9.60. The highest BCUT2D eigenvalue weighted by Crippen LogP contribution is 2.35. The summed E-state index contributed by atoms with van der Waals surface area (Å²) in [6, 6.07) is 0.132. The van der Waals surface area contributed by atoms with Crippen molar-refractivity contribution in [3.8, 4) is 0 Å². The summed E-state index contributed by atoms with van der Waals surface area (Å²) in [5.41, 5.74) is 1.46. The number of aromatic amines is 1. The van der Waals surface area contributed by atoms with Gasteiger partial charge in [0.1, 0.15) is 5.82 Å². The minimum absolute atomic E-state index is 0.0438. The van der Waals surface area contributed by atoms with Crippen LogP contribution in [0.4, 0.5) is 0 Å².